The predicted molar refractivity (Wildman–Crippen MR) is 89.8 cm³/mol. The molecule has 2 aromatic carbocycles. The van der Waals surface area contributed by atoms with Crippen molar-refractivity contribution in [3.05, 3.63) is 53.7 Å². The van der Waals surface area contributed by atoms with Gasteiger partial charge >= 0.3 is 5.97 Å². The topological polar surface area (TPSA) is 83.1 Å². The fraction of sp³-hybridized carbons (Fsp3) is 0.167. The van der Waals surface area contributed by atoms with Crippen LogP contribution in [0, 0.1) is 0 Å². The summed E-state index contributed by atoms with van der Waals surface area (Å²) in [6.45, 7) is 5.51. The summed E-state index contributed by atoms with van der Waals surface area (Å²) in [5.41, 5.74) is 3.28. The number of carbonyl (C=O) groups is 2. The van der Waals surface area contributed by atoms with Crippen LogP contribution in [0.15, 0.2) is 42.6 Å². The lowest BCUT2D eigenvalue weighted by Gasteiger charge is -2.06. The summed E-state index contributed by atoms with van der Waals surface area (Å²) in [6.07, 6.45) is 1.69. The summed E-state index contributed by atoms with van der Waals surface area (Å²) >= 11 is 0. The van der Waals surface area contributed by atoms with Crippen LogP contribution in [0.2, 0.25) is 0 Å². The van der Waals surface area contributed by atoms with Crippen molar-refractivity contribution in [1.82, 2.24) is 10.2 Å². The number of fused-ring (bicyclic) bond motifs is 1. The van der Waals surface area contributed by atoms with E-state index in [0.29, 0.717) is 5.56 Å². The van der Waals surface area contributed by atoms with Crippen LogP contribution >= 0.6 is 0 Å². The first-order valence-electron chi connectivity index (χ1n) is 7.38. The SMILES string of the molecule is CC.CC(=O)c1cc(-c2ccc(C(=O)O)cc2)c2cn[nH]c2c1. The van der Waals surface area contributed by atoms with E-state index in [1.165, 1.54) is 6.92 Å². The summed E-state index contributed by atoms with van der Waals surface area (Å²) in [7, 11) is 0. The third kappa shape index (κ3) is 3.29. The number of ketones is 1. The molecule has 0 aliphatic carbocycles. The van der Waals surface area contributed by atoms with Gasteiger partial charge in [0.15, 0.2) is 5.78 Å². The number of carboxylic acid groups (broad SMARTS) is 1. The number of aromatic carboxylic acids is 1. The zero-order valence-corrected chi connectivity index (χ0v) is 13.3. The number of nitrogens with one attached hydrogen (secondary N) is 1. The zero-order valence-electron chi connectivity index (χ0n) is 13.3. The van der Waals surface area contributed by atoms with Crippen LogP contribution < -0.4 is 0 Å². The Balaban J connectivity index is 0.000000924. The number of hydrogen-bond donors (Lipinski definition) is 2. The second kappa shape index (κ2) is 6.87. The third-order valence-corrected chi connectivity index (χ3v) is 3.41. The Morgan fingerprint density at radius 1 is 1.04 bits per heavy atom. The molecule has 118 valence electrons. The number of carbonyl (C=O) groups excluding carboxylic acids is 1. The molecule has 0 amide bonds. The van der Waals surface area contributed by atoms with Crippen molar-refractivity contribution in [2.45, 2.75) is 20.8 Å². The standard InChI is InChI=1S/C16H12N2O3.C2H6/c1-9(19)12-6-13(14-8-17-18-15(14)7-12)10-2-4-11(5-3-10)16(20)21;1-2/h2-8H,1H3,(H,17,18)(H,20,21);1-2H3. The molecule has 5 nitrogen and oxygen atoms in total. The molecule has 0 saturated carbocycles. The molecule has 0 atom stereocenters. The van der Waals surface area contributed by atoms with Gasteiger partial charge in [-0.05, 0) is 42.3 Å². The van der Waals surface area contributed by atoms with Crippen molar-refractivity contribution >= 4 is 22.7 Å². The maximum atomic E-state index is 11.6. The van der Waals surface area contributed by atoms with E-state index in [0.717, 1.165) is 22.0 Å². The van der Waals surface area contributed by atoms with E-state index in [1.54, 1.807) is 42.6 Å². The fourth-order valence-corrected chi connectivity index (χ4v) is 2.29. The number of aromatic amines is 1. The Labute approximate surface area is 134 Å². The minimum Gasteiger partial charge on any atom is -0.478 e. The fourth-order valence-electron chi connectivity index (χ4n) is 2.29. The number of benzene rings is 2. The summed E-state index contributed by atoms with van der Waals surface area (Å²) < 4.78 is 0. The lowest BCUT2D eigenvalue weighted by Crippen LogP contribution is -1.96. The molecule has 3 aromatic rings. The van der Waals surface area contributed by atoms with E-state index in [2.05, 4.69) is 10.2 Å². The molecule has 2 N–H and O–H groups in total. The summed E-state index contributed by atoms with van der Waals surface area (Å²) in [5.74, 6) is -0.998. The van der Waals surface area contributed by atoms with E-state index >= 15 is 0 Å². The number of rotatable bonds is 3. The molecule has 0 bridgehead atoms. The van der Waals surface area contributed by atoms with Crippen LogP contribution in [0.4, 0.5) is 0 Å². The number of hydrogen-bond acceptors (Lipinski definition) is 3. The summed E-state index contributed by atoms with van der Waals surface area (Å²) in [6, 6.07) is 10.1. The monoisotopic (exact) mass is 310 g/mol. The maximum absolute atomic E-state index is 11.6. The molecule has 23 heavy (non-hydrogen) atoms. The largest absolute Gasteiger partial charge is 0.478 e. The minimum absolute atomic E-state index is 0.0325. The van der Waals surface area contributed by atoms with Gasteiger partial charge in [-0.1, -0.05) is 26.0 Å². The second-order valence-electron chi connectivity index (χ2n) is 4.79. The number of carboxylic acids is 1. The van der Waals surface area contributed by atoms with Gasteiger partial charge in [0.1, 0.15) is 0 Å². The van der Waals surface area contributed by atoms with Gasteiger partial charge in [0.25, 0.3) is 0 Å². The molecule has 1 heterocycles. The van der Waals surface area contributed by atoms with Crippen molar-refractivity contribution in [2.24, 2.45) is 0 Å². The van der Waals surface area contributed by atoms with E-state index in [-0.39, 0.29) is 11.3 Å². The molecule has 0 saturated heterocycles. The maximum Gasteiger partial charge on any atom is 0.335 e. The Kier molecular flexibility index (Phi) is 4.91. The zero-order chi connectivity index (χ0) is 17.0. The molecular formula is C18H18N2O3. The minimum atomic E-state index is -0.965. The van der Waals surface area contributed by atoms with Gasteiger partial charge in [-0.15, -0.1) is 0 Å². The molecule has 0 spiro atoms. The van der Waals surface area contributed by atoms with Gasteiger partial charge in [-0.2, -0.15) is 5.10 Å². The van der Waals surface area contributed by atoms with Crippen LogP contribution in [-0.2, 0) is 0 Å². The van der Waals surface area contributed by atoms with Gasteiger partial charge in [-0.3, -0.25) is 9.89 Å². The van der Waals surface area contributed by atoms with Gasteiger partial charge < -0.3 is 5.11 Å². The van der Waals surface area contributed by atoms with E-state index in [4.69, 9.17) is 5.11 Å². The summed E-state index contributed by atoms with van der Waals surface area (Å²) in [4.78, 5) is 22.5. The second-order valence-corrected chi connectivity index (χ2v) is 4.79. The average Bonchev–Trinajstić information content (AvgIpc) is 3.04. The first kappa shape index (κ1) is 16.4. The van der Waals surface area contributed by atoms with Crippen LogP contribution in [0.25, 0.3) is 22.0 Å². The molecule has 3 rings (SSSR count). The van der Waals surface area contributed by atoms with Gasteiger partial charge in [0.2, 0.25) is 0 Å². The van der Waals surface area contributed by atoms with Gasteiger partial charge in [-0.25, -0.2) is 4.79 Å². The molecule has 5 heteroatoms. The van der Waals surface area contributed by atoms with Crippen molar-refractivity contribution in [2.75, 3.05) is 0 Å². The van der Waals surface area contributed by atoms with E-state index in [1.807, 2.05) is 13.8 Å². The Bertz CT molecular complexity index is 848. The highest BCUT2D eigenvalue weighted by atomic mass is 16.4. The molecule has 0 radical (unpaired) electrons. The lowest BCUT2D eigenvalue weighted by atomic mass is 9.97. The van der Waals surface area contributed by atoms with Crippen molar-refractivity contribution in [1.29, 1.82) is 0 Å². The Morgan fingerprint density at radius 3 is 2.26 bits per heavy atom. The van der Waals surface area contributed by atoms with Crippen LogP contribution in [-0.4, -0.2) is 27.1 Å². The van der Waals surface area contributed by atoms with Crippen LogP contribution in [0.1, 0.15) is 41.5 Å². The molecule has 0 aliphatic rings. The molecule has 0 fully saturated rings. The average molecular weight is 310 g/mol. The Hall–Kier alpha value is -2.95. The van der Waals surface area contributed by atoms with Crippen LogP contribution in [0.3, 0.4) is 0 Å². The first-order valence-corrected chi connectivity index (χ1v) is 7.38. The molecule has 0 aliphatic heterocycles. The number of Topliss-reactive ketones (excluding diaryl/α,β-unsaturated/α-hetero) is 1. The third-order valence-electron chi connectivity index (χ3n) is 3.41. The highest BCUT2D eigenvalue weighted by Crippen LogP contribution is 2.29. The number of nitrogens with zero attached hydrogens (tertiary/aromatic N) is 1. The van der Waals surface area contributed by atoms with Crippen molar-refractivity contribution < 1.29 is 14.7 Å². The Morgan fingerprint density at radius 2 is 1.70 bits per heavy atom. The number of aromatic nitrogens is 2. The highest BCUT2D eigenvalue weighted by molar-refractivity contribution is 6.03. The first-order chi connectivity index (χ1) is 11.1. The highest BCUT2D eigenvalue weighted by Gasteiger charge is 2.11. The predicted octanol–water partition coefficient (Wildman–Crippen LogP) is 4.16. The molecule has 1 aromatic heterocycles. The normalized spacial score (nSPS) is 10.0. The lowest BCUT2D eigenvalue weighted by molar-refractivity contribution is 0.0696. The van der Waals surface area contributed by atoms with E-state index < -0.39 is 5.97 Å². The van der Waals surface area contributed by atoms with Gasteiger partial charge in [0.05, 0.1) is 17.3 Å². The van der Waals surface area contributed by atoms with Crippen molar-refractivity contribution in [3.63, 3.8) is 0 Å². The molecule has 0 unspecified atom stereocenters. The quantitative estimate of drug-likeness (QED) is 0.712. The number of H-pyrrole nitrogens is 1. The summed E-state index contributed by atoms with van der Waals surface area (Å²) in [5, 5.41) is 16.7. The van der Waals surface area contributed by atoms with Gasteiger partial charge in [0, 0.05) is 10.9 Å². The van der Waals surface area contributed by atoms with Crippen molar-refractivity contribution in [3.8, 4) is 11.1 Å². The molecular weight excluding hydrogens is 292 g/mol. The van der Waals surface area contributed by atoms with Crippen LogP contribution in [0.5, 0.6) is 0 Å². The smallest absolute Gasteiger partial charge is 0.335 e. The van der Waals surface area contributed by atoms with E-state index in [9.17, 15) is 9.59 Å².